The number of halogens is 2. The first-order valence-corrected chi connectivity index (χ1v) is 7.49. The molecule has 0 saturated carbocycles. The molecule has 0 unspecified atom stereocenters. The van der Waals surface area contributed by atoms with Crippen molar-refractivity contribution in [3.63, 3.8) is 0 Å². The summed E-state index contributed by atoms with van der Waals surface area (Å²) >= 11 is 9.71. The Labute approximate surface area is 118 Å². The second kappa shape index (κ2) is 6.65. The van der Waals surface area contributed by atoms with Gasteiger partial charge < -0.3 is 4.74 Å². The van der Waals surface area contributed by atoms with Crippen LogP contribution < -0.4 is 4.74 Å². The number of benzene rings is 1. The molecule has 0 spiro atoms. The molecule has 0 aliphatic heterocycles. The Morgan fingerprint density at radius 1 is 1.29 bits per heavy atom. The molecule has 96 valence electrons. The zero-order valence-electron chi connectivity index (χ0n) is 10.7. The normalized spacial score (nSPS) is 11.6. The highest BCUT2D eigenvalue weighted by Gasteiger charge is 2.26. The van der Waals surface area contributed by atoms with E-state index in [-0.39, 0.29) is 5.41 Å². The van der Waals surface area contributed by atoms with Gasteiger partial charge in [0.1, 0.15) is 5.75 Å². The van der Waals surface area contributed by atoms with E-state index >= 15 is 0 Å². The summed E-state index contributed by atoms with van der Waals surface area (Å²) in [4.78, 5) is 0. The Balaban J connectivity index is 3.03. The van der Waals surface area contributed by atoms with Gasteiger partial charge >= 0.3 is 0 Å². The highest BCUT2D eigenvalue weighted by Crippen LogP contribution is 2.36. The van der Waals surface area contributed by atoms with Crippen LogP contribution >= 0.6 is 27.5 Å². The fourth-order valence-electron chi connectivity index (χ4n) is 2.03. The molecule has 0 heterocycles. The lowest BCUT2D eigenvalue weighted by atomic mass is 9.79. The van der Waals surface area contributed by atoms with Crippen molar-refractivity contribution in [1.29, 1.82) is 0 Å². The quantitative estimate of drug-likeness (QED) is 0.663. The molecule has 0 N–H and O–H groups in total. The minimum absolute atomic E-state index is 0.290. The summed E-state index contributed by atoms with van der Waals surface area (Å²) in [6.07, 6.45) is 3.28. The Morgan fingerprint density at radius 3 is 2.41 bits per heavy atom. The van der Waals surface area contributed by atoms with Gasteiger partial charge in [-0.1, -0.05) is 41.4 Å². The van der Waals surface area contributed by atoms with E-state index in [2.05, 4.69) is 29.8 Å². The maximum Gasteiger partial charge on any atom is 0.122 e. The molecule has 17 heavy (non-hydrogen) atoms. The molecule has 0 aromatic heterocycles. The van der Waals surface area contributed by atoms with Crippen molar-refractivity contribution >= 4 is 27.5 Å². The van der Waals surface area contributed by atoms with Crippen LogP contribution in [0.2, 0.25) is 5.02 Å². The molecule has 1 nitrogen and oxygen atoms in total. The van der Waals surface area contributed by atoms with E-state index in [0.29, 0.717) is 0 Å². The summed E-state index contributed by atoms with van der Waals surface area (Å²) in [5, 5.41) is 1.78. The van der Waals surface area contributed by atoms with Gasteiger partial charge in [0, 0.05) is 10.4 Å². The summed E-state index contributed by atoms with van der Waals surface area (Å²) in [6, 6.07) is 5.84. The molecule has 1 aromatic rings. The van der Waals surface area contributed by atoms with Gasteiger partial charge in [0.2, 0.25) is 0 Å². The van der Waals surface area contributed by atoms with Gasteiger partial charge in [0.05, 0.1) is 7.11 Å². The monoisotopic (exact) mass is 318 g/mol. The number of alkyl halides is 1. The lowest BCUT2D eigenvalue weighted by Crippen LogP contribution is -2.24. The summed E-state index contributed by atoms with van der Waals surface area (Å²) in [7, 11) is 1.71. The first-order valence-electron chi connectivity index (χ1n) is 5.99. The molecule has 0 saturated heterocycles. The molecule has 0 fully saturated rings. The number of rotatable bonds is 6. The van der Waals surface area contributed by atoms with Crippen LogP contribution in [0.5, 0.6) is 5.75 Å². The van der Waals surface area contributed by atoms with Crippen molar-refractivity contribution in [3.05, 3.63) is 28.8 Å². The summed E-state index contributed by atoms with van der Waals surface area (Å²) in [5.41, 5.74) is 1.49. The highest BCUT2D eigenvalue weighted by molar-refractivity contribution is 9.09. The van der Waals surface area contributed by atoms with Crippen LogP contribution in [0.25, 0.3) is 0 Å². The fourth-order valence-corrected chi connectivity index (χ4v) is 3.21. The van der Waals surface area contributed by atoms with Crippen LogP contribution in [-0.2, 0) is 6.42 Å². The lowest BCUT2D eigenvalue weighted by Gasteiger charge is -2.30. The minimum Gasteiger partial charge on any atom is -0.496 e. The van der Waals surface area contributed by atoms with Gasteiger partial charge in [-0.2, -0.15) is 0 Å². The molecule has 0 aliphatic rings. The van der Waals surface area contributed by atoms with Gasteiger partial charge in [-0.05, 0) is 48.4 Å². The topological polar surface area (TPSA) is 9.23 Å². The predicted octanol–water partition coefficient (Wildman–Crippen LogP) is 5.09. The van der Waals surface area contributed by atoms with E-state index in [0.717, 1.165) is 35.4 Å². The van der Waals surface area contributed by atoms with Crippen LogP contribution in [0, 0.1) is 5.41 Å². The maximum absolute atomic E-state index is 6.06. The minimum atomic E-state index is 0.290. The largest absolute Gasteiger partial charge is 0.496 e. The average Bonchev–Trinajstić information content (AvgIpc) is 2.36. The van der Waals surface area contributed by atoms with E-state index in [9.17, 15) is 0 Å². The molecule has 0 atom stereocenters. The maximum atomic E-state index is 6.06. The average molecular weight is 320 g/mol. The van der Waals surface area contributed by atoms with Crippen molar-refractivity contribution in [2.24, 2.45) is 5.41 Å². The third-order valence-corrected chi connectivity index (χ3v) is 5.02. The highest BCUT2D eigenvalue weighted by atomic mass is 79.9. The van der Waals surface area contributed by atoms with Crippen LogP contribution in [0.3, 0.4) is 0 Å². The van der Waals surface area contributed by atoms with Gasteiger partial charge in [0.25, 0.3) is 0 Å². The zero-order valence-corrected chi connectivity index (χ0v) is 13.1. The van der Waals surface area contributed by atoms with E-state index in [1.807, 2.05) is 18.2 Å². The number of hydrogen-bond donors (Lipinski definition) is 0. The first-order chi connectivity index (χ1) is 8.10. The SMILES string of the molecule is CCC(CC)(CBr)Cc1cc(Cl)ccc1OC. The van der Waals surface area contributed by atoms with Crippen molar-refractivity contribution in [3.8, 4) is 5.75 Å². The predicted molar refractivity (Wildman–Crippen MR) is 78.5 cm³/mol. The van der Waals surface area contributed by atoms with Crippen molar-refractivity contribution in [2.75, 3.05) is 12.4 Å². The van der Waals surface area contributed by atoms with Crippen LogP contribution in [0.15, 0.2) is 18.2 Å². The summed E-state index contributed by atoms with van der Waals surface area (Å²) in [5.74, 6) is 0.932. The Hall–Kier alpha value is -0.210. The van der Waals surface area contributed by atoms with Gasteiger partial charge in [0.15, 0.2) is 0 Å². The Kier molecular flexibility index (Phi) is 5.81. The van der Waals surface area contributed by atoms with E-state index in [4.69, 9.17) is 16.3 Å². The molecule has 0 amide bonds. The molecular weight excluding hydrogens is 300 g/mol. The van der Waals surface area contributed by atoms with Crippen molar-refractivity contribution in [2.45, 2.75) is 33.1 Å². The molecule has 0 radical (unpaired) electrons. The van der Waals surface area contributed by atoms with Crippen LogP contribution in [0.4, 0.5) is 0 Å². The number of hydrogen-bond acceptors (Lipinski definition) is 1. The van der Waals surface area contributed by atoms with Crippen LogP contribution in [0.1, 0.15) is 32.3 Å². The van der Waals surface area contributed by atoms with Crippen LogP contribution in [-0.4, -0.2) is 12.4 Å². The fraction of sp³-hybridized carbons (Fsp3) is 0.571. The smallest absolute Gasteiger partial charge is 0.122 e. The lowest BCUT2D eigenvalue weighted by molar-refractivity contribution is 0.300. The molecule has 1 aromatic carbocycles. The van der Waals surface area contributed by atoms with Crippen molar-refractivity contribution < 1.29 is 4.74 Å². The van der Waals surface area contributed by atoms with Crippen molar-refractivity contribution in [1.82, 2.24) is 0 Å². The second-order valence-electron chi connectivity index (χ2n) is 4.47. The number of methoxy groups -OCH3 is 1. The summed E-state index contributed by atoms with van der Waals surface area (Å²) < 4.78 is 5.41. The summed E-state index contributed by atoms with van der Waals surface area (Å²) in [6.45, 7) is 4.48. The van der Waals surface area contributed by atoms with Gasteiger partial charge in [-0.25, -0.2) is 0 Å². The second-order valence-corrected chi connectivity index (χ2v) is 5.47. The van der Waals surface area contributed by atoms with E-state index < -0.39 is 0 Å². The van der Waals surface area contributed by atoms with E-state index in [1.54, 1.807) is 7.11 Å². The van der Waals surface area contributed by atoms with Gasteiger partial charge in [-0.3, -0.25) is 0 Å². The first kappa shape index (κ1) is 14.8. The Bertz CT molecular complexity index is 353. The van der Waals surface area contributed by atoms with Gasteiger partial charge in [-0.15, -0.1) is 0 Å². The standard InChI is InChI=1S/C14H20BrClO/c1-4-14(5-2,10-15)9-11-8-12(16)6-7-13(11)17-3/h6-8H,4-5,9-10H2,1-3H3. The molecule has 3 heteroatoms. The molecular formula is C14H20BrClO. The third-order valence-electron chi connectivity index (χ3n) is 3.59. The third kappa shape index (κ3) is 3.62. The molecule has 0 aliphatic carbocycles. The zero-order chi connectivity index (χ0) is 12.9. The molecule has 0 bridgehead atoms. The van der Waals surface area contributed by atoms with E-state index in [1.165, 1.54) is 5.56 Å². The Morgan fingerprint density at radius 2 is 1.94 bits per heavy atom. The number of ether oxygens (including phenoxy) is 1. The molecule has 1 rings (SSSR count).